The standard InChI is InChI=1S/C15H9FN6OS/c16-10-6-11(8-13(7-10)23-12-2-1-3-17-9-12)22-20-14(19-21-22)15-18-4-5-24-15/h1-9H. The normalized spacial score (nSPS) is 10.7. The van der Waals surface area contributed by atoms with E-state index < -0.39 is 5.82 Å². The Balaban J connectivity index is 1.66. The third-order valence-electron chi connectivity index (χ3n) is 2.99. The zero-order valence-corrected chi connectivity index (χ0v) is 12.9. The van der Waals surface area contributed by atoms with E-state index in [4.69, 9.17) is 4.74 Å². The number of hydrogen-bond donors (Lipinski definition) is 0. The Bertz CT molecular complexity index is 957. The quantitative estimate of drug-likeness (QED) is 0.568. The smallest absolute Gasteiger partial charge is 0.233 e. The second-order valence-corrected chi connectivity index (χ2v) is 5.57. The molecule has 118 valence electrons. The SMILES string of the molecule is Fc1cc(Oc2cccnc2)cc(-n2nnc(-c3nccs3)n2)c1. The molecule has 1 aromatic carbocycles. The second-order valence-electron chi connectivity index (χ2n) is 4.68. The number of thiazole rings is 1. The van der Waals surface area contributed by atoms with Gasteiger partial charge in [-0.1, -0.05) is 0 Å². The molecule has 3 aromatic heterocycles. The highest BCUT2D eigenvalue weighted by Crippen LogP contribution is 2.24. The molecular weight excluding hydrogens is 331 g/mol. The lowest BCUT2D eigenvalue weighted by atomic mass is 10.3. The highest BCUT2D eigenvalue weighted by Gasteiger charge is 2.11. The topological polar surface area (TPSA) is 78.6 Å². The van der Waals surface area contributed by atoms with Crippen molar-refractivity contribution in [2.24, 2.45) is 0 Å². The van der Waals surface area contributed by atoms with Gasteiger partial charge in [-0.15, -0.1) is 26.3 Å². The van der Waals surface area contributed by atoms with Crippen LogP contribution >= 0.6 is 11.3 Å². The summed E-state index contributed by atoms with van der Waals surface area (Å²) in [6.45, 7) is 0. The molecule has 24 heavy (non-hydrogen) atoms. The van der Waals surface area contributed by atoms with Gasteiger partial charge in [0.15, 0.2) is 5.01 Å². The zero-order chi connectivity index (χ0) is 16.4. The number of halogens is 1. The molecule has 0 bridgehead atoms. The number of ether oxygens (including phenoxy) is 1. The first-order chi connectivity index (χ1) is 11.8. The number of tetrazole rings is 1. The van der Waals surface area contributed by atoms with E-state index in [2.05, 4.69) is 25.4 Å². The van der Waals surface area contributed by atoms with Crippen molar-refractivity contribution in [2.45, 2.75) is 0 Å². The summed E-state index contributed by atoms with van der Waals surface area (Å²) >= 11 is 1.40. The van der Waals surface area contributed by atoms with Gasteiger partial charge in [-0.05, 0) is 17.3 Å². The minimum absolute atomic E-state index is 0.311. The highest BCUT2D eigenvalue weighted by atomic mass is 32.1. The highest BCUT2D eigenvalue weighted by molar-refractivity contribution is 7.12. The van der Waals surface area contributed by atoms with E-state index in [1.165, 1.54) is 28.3 Å². The third kappa shape index (κ3) is 2.97. The van der Waals surface area contributed by atoms with Crippen LogP contribution < -0.4 is 4.74 Å². The average molecular weight is 340 g/mol. The van der Waals surface area contributed by atoms with Gasteiger partial charge in [0.1, 0.15) is 17.3 Å². The summed E-state index contributed by atoms with van der Waals surface area (Å²) in [5.74, 6) is 0.721. The molecule has 0 unspecified atom stereocenters. The molecular formula is C15H9FN6OS. The van der Waals surface area contributed by atoms with E-state index in [9.17, 15) is 4.39 Å². The van der Waals surface area contributed by atoms with Crippen LogP contribution in [0.1, 0.15) is 0 Å². The third-order valence-corrected chi connectivity index (χ3v) is 3.76. The van der Waals surface area contributed by atoms with Gasteiger partial charge in [0.25, 0.3) is 0 Å². The number of benzene rings is 1. The van der Waals surface area contributed by atoms with Crippen molar-refractivity contribution in [1.29, 1.82) is 0 Å². The van der Waals surface area contributed by atoms with Gasteiger partial charge in [-0.25, -0.2) is 9.37 Å². The molecule has 0 aliphatic heterocycles. The first kappa shape index (κ1) is 14.4. The molecule has 0 aliphatic rings. The Labute approximate surface area is 139 Å². The van der Waals surface area contributed by atoms with Gasteiger partial charge in [0.05, 0.1) is 11.9 Å². The minimum Gasteiger partial charge on any atom is -0.456 e. The molecule has 3 heterocycles. The molecule has 4 aromatic rings. The Morgan fingerprint density at radius 1 is 1.12 bits per heavy atom. The van der Waals surface area contributed by atoms with Crippen molar-refractivity contribution in [1.82, 2.24) is 30.2 Å². The summed E-state index contributed by atoms with van der Waals surface area (Å²) in [4.78, 5) is 9.30. The van der Waals surface area contributed by atoms with Crippen LogP contribution in [0.5, 0.6) is 11.5 Å². The Morgan fingerprint density at radius 2 is 2.08 bits per heavy atom. The van der Waals surface area contributed by atoms with Crippen molar-refractivity contribution < 1.29 is 9.13 Å². The maximum Gasteiger partial charge on any atom is 0.233 e. The van der Waals surface area contributed by atoms with Crippen LogP contribution in [-0.4, -0.2) is 30.2 Å². The molecule has 0 spiro atoms. The van der Waals surface area contributed by atoms with Crippen LogP contribution in [0, 0.1) is 5.82 Å². The number of pyridine rings is 1. The summed E-state index contributed by atoms with van der Waals surface area (Å²) in [5.41, 5.74) is 0.393. The molecule has 0 amide bonds. The summed E-state index contributed by atoms with van der Waals surface area (Å²) in [6.07, 6.45) is 4.82. The number of hydrogen-bond acceptors (Lipinski definition) is 7. The van der Waals surface area contributed by atoms with E-state index >= 15 is 0 Å². The lowest BCUT2D eigenvalue weighted by Gasteiger charge is -2.07. The van der Waals surface area contributed by atoms with E-state index in [1.807, 2.05) is 5.38 Å². The largest absolute Gasteiger partial charge is 0.456 e. The number of aromatic nitrogens is 6. The van der Waals surface area contributed by atoms with Crippen molar-refractivity contribution in [2.75, 3.05) is 0 Å². The molecule has 0 fully saturated rings. The molecule has 7 nitrogen and oxygen atoms in total. The lowest BCUT2D eigenvalue weighted by Crippen LogP contribution is -2.00. The summed E-state index contributed by atoms with van der Waals surface area (Å²) in [6, 6.07) is 7.64. The van der Waals surface area contributed by atoms with Crippen molar-refractivity contribution in [3.8, 4) is 28.0 Å². The van der Waals surface area contributed by atoms with Crippen LogP contribution in [0.25, 0.3) is 16.5 Å². The van der Waals surface area contributed by atoms with Gasteiger partial charge < -0.3 is 4.74 Å². The molecule has 0 saturated heterocycles. The molecule has 0 atom stereocenters. The predicted octanol–water partition coefficient (Wildman–Crippen LogP) is 3.11. The van der Waals surface area contributed by atoms with Crippen molar-refractivity contribution >= 4 is 11.3 Å². The van der Waals surface area contributed by atoms with Crippen molar-refractivity contribution in [3.05, 3.63) is 60.1 Å². The fourth-order valence-corrected chi connectivity index (χ4v) is 2.57. The van der Waals surface area contributed by atoms with E-state index in [1.54, 1.807) is 36.8 Å². The maximum absolute atomic E-state index is 13.9. The molecule has 0 saturated carbocycles. The number of nitrogens with zero attached hydrogens (tertiary/aromatic N) is 6. The van der Waals surface area contributed by atoms with E-state index in [0.29, 0.717) is 28.0 Å². The fraction of sp³-hybridized carbons (Fsp3) is 0. The fourth-order valence-electron chi connectivity index (χ4n) is 2.01. The maximum atomic E-state index is 13.9. The average Bonchev–Trinajstić information content (AvgIpc) is 3.27. The molecule has 0 radical (unpaired) electrons. The summed E-state index contributed by atoms with van der Waals surface area (Å²) < 4.78 is 19.5. The van der Waals surface area contributed by atoms with Gasteiger partial charge in [-0.2, -0.15) is 0 Å². The van der Waals surface area contributed by atoms with Gasteiger partial charge in [-0.3, -0.25) is 4.98 Å². The van der Waals surface area contributed by atoms with Gasteiger partial charge >= 0.3 is 0 Å². The van der Waals surface area contributed by atoms with Crippen molar-refractivity contribution in [3.63, 3.8) is 0 Å². The number of rotatable bonds is 4. The van der Waals surface area contributed by atoms with Crippen LogP contribution in [0.15, 0.2) is 54.3 Å². The molecule has 0 aliphatic carbocycles. The van der Waals surface area contributed by atoms with Gasteiger partial charge in [0.2, 0.25) is 5.82 Å². The Morgan fingerprint density at radius 3 is 2.88 bits per heavy atom. The van der Waals surface area contributed by atoms with Crippen LogP contribution in [0.2, 0.25) is 0 Å². The first-order valence-corrected chi connectivity index (χ1v) is 7.75. The van der Waals surface area contributed by atoms with Gasteiger partial charge in [0, 0.05) is 36.0 Å². The zero-order valence-electron chi connectivity index (χ0n) is 12.1. The molecule has 0 N–H and O–H groups in total. The predicted molar refractivity (Wildman–Crippen MR) is 84.5 cm³/mol. The Hall–Kier alpha value is -3.20. The summed E-state index contributed by atoms with van der Waals surface area (Å²) in [5, 5.41) is 14.6. The Kier molecular flexibility index (Phi) is 3.67. The van der Waals surface area contributed by atoms with E-state index in [0.717, 1.165) is 0 Å². The van der Waals surface area contributed by atoms with Crippen LogP contribution in [0.4, 0.5) is 4.39 Å². The van der Waals surface area contributed by atoms with Crippen LogP contribution in [0.3, 0.4) is 0 Å². The first-order valence-electron chi connectivity index (χ1n) is 6.87. The lowest BCUT2D eigenvalue weighted by molar-refractivity contribution is 0.473. The second kappa shape index (κ2) is 6.13. The van der Waals surface area contributed by atoms with Crippen LogP contribution in [-0.2, 0) is 0 Å². The molecule has 9 heteroatoms. The minimum atomic E-state index is -0.473. The van der Waals surface area contributed by atoms with E-state index in [-0.39, 0.29) is 0 Å². The molecule has 4 rings (SSSR count). The monoisotopic (exact) mass is 340 g/mol. The summed E-state index contributed by atoms with van der Waals surface area (Å²) in [7, 11) is 0.